The largest absolute Gasteiger partial charge is 0.507 e. The first kappa shape index (κ1) is 13.8. The van der Waals surface area contributed by atoms with Crippen molar-refractivity contribution in [2.24, 2.45) is 0 Å². The van der Waals surface area contributed by atoms with Crippen molar-refractivity contribution in [2.45, 2.75) is 6.42 Å². The van der Waals surface area contributed by atoms with Gasteiger partial charge in [0.05, 0.1) is 5.57 Å². The molecule has 0 aliphatic heterocycles. The highest BCUT2D eigenvalue weighted by atomic mass is 79.9. The first-order valence-electron chi connectivity index (χ1n) is 6.43. The molecule has 4 heteroatoms. The molecule has 21 heavy (non-hydrogen) atoms. The van der Waals surface area contributed by atoms with Crippen molar-refractivity contribution in [1.82, 2.24) is 0 Å². The predicted molar refractivity (Wildman–Crippen MR) is 83.2 cm³/mol. The van der Waals surface area contributed by atoms with E-state index in [1.807, 2.05) is 30.3 Å². The maximum Gasteiger partial charge on any atom is 0.234 e. The van der Waals surface area contributed by atoms with Gasteiger partial charge in [-0.2, -0.15) is 0 Å². The van der Waals surface area contributed by atoms with Crippen LogP contribution in [0.3, 0.4) is 0 Å². The second kappa shape index (κ2) is 5.30. The maximum absolute atomic E-state index is 12.2. The fourth-order valence-corrected chi connectivity index (χ4v) is 2.76. The van der Waals surface area contributed by atoms with Crippen LogP contribution in [0.1, 0.15) is 21.5 Å². The van der Waals surface area contributed by atoms with Crippen LogP contribution in [0.2, 0.25) is 0 Å². The summed E-state index contributed by atoms with van der Waals surface area (Å²) in [5.74, 6) is -1.31. The molecule has 0 radical (unpaired) electrons. The molecule has 0 atom stereocenters. The molecule has 1 aliphatic carbocycles. The Labute approximate surface area is 130 Å². The minimum atomic E-state index is -0.633. The van der Waals surface area contributed by atoms with Gasteiger partial charge in [0.25, 0.3) is 0 Å². The monoisotopic (exact) mass is 342 g/mol. The summed E-state index contributed by atoms with van der Waals surface area (Å²) in [6.07, 6.45) is 0.239. The molecule has 3 nitrogen and oxygen atoms in total. The zero-order valence-electron chi connectivity index (χ0n) is 11.0. The highest BCUT2D eigenvalue weighted by Gasteiger charge is 2.32. The van der Waals surface area contributed by atoms with Crippen LogP contribution in [-0.2, 0) is 11.2 Å². The topological polar surface area (TPSA) is 54.4 Å². The number of carbonyl (C=O) groups excluding carboxylic acids is 2. The standard InChI is InChI=1S/C17H11BrO3/c18-11-6-7-12-13(9-11)15(19)14(17(21)16(12)20)8-10-4-2-1-3-5-10/h1-7,9,19H,8H2. The summed E-state index contributed by atoms with van der Waals surface area (Å²) in [6.45, 7) is 0. The second-order valence-electron chi connectivity index (χ2n) is 4.84. The molecule has 0 aromatic heterocycles. The van der Waals surface area contributed by atoms with Gasteiger partial charge in [-0.15, -0.1) is 0 Å². The van der Waals surface area contributed by atoms with E-state index in [0.717, 1.165) is 10.0 Å². The first-order valence-corrected chi connectivity index (χ1v) is 7.22. The molecule has 0 heterocycles. The Morgan fingerprint density at radius 1 is 0.905 bits per heavy atom. The number of rotatable bonds is 2. The summed E-state index contributed by atoms with van der Waals surface area (Å²) < 4.78 is 0.744. The van der Waals surface area contributed by atoms with Gasteiger partial charge in [-0.25, -0.2) is 0 Å². The summed E-state index contributed by atoms with van der Waals surface area (Å²) in [5, 5.41) is 10.4. The molecule has 1 aliphatic rings. The van der Waals surface area contributed by atoms with E-state index in [0.29, 0.717) is 5.56 Å². The Balaban J connectivity index is 2.12. The van der Waals surface area contributed by atoms with Gasteiger partial charge < -0.3 is 5.11 Å². The van der Waals surface area contributed by atoms with Crippen molar-refractivity contribution in [3.63, 3.8) is 0 Å². The van der Waals surface area contributed by atoms with Crippen LogP contribution in [0.5, 0.6) is 0 Å². The van der Waals surface area contributed by atoms with E-state index < -0.39 is 11.6 Å². The predicted octanol–water partition coefficient (Wildman–Crippen LogP) is 3.73. The molecular formula is C17H11BrO3. The Hall–Kier alpha value is -2.20. The van der Waals surface area contributed by atoms with E-state index in [1.165, 1.54) is 0 Å². The lowest BCUT2D eigenvalue weighted by molar-refractivity contribution is -0.112. The van der Waals surface area contributed by atoms with E-state index in [2.05, 4.69) is 15.9 Å². The zero-order valence-corrected chi connectivity index (χ0v) is 12.6. The number of allylic oxidation sites excluding steroid dienone is 1. The van der Waals surface area contributed by atoms with Crippen LogP contribution >= 0.6 is 15.9 Å². The number of benzene rings is 2. The molecule has 0 saturated carbocycles. The molecule has 2 aromatic rings. The third kappa shape index (κ3) is 2.43. The van der Waals surface area contributed by atoms with E-state index in [1.54, 1.807) is 18.2 Å². The first-order chi connectivity index (χ1) is 10.1. The van der Waals surface area contributed by atoms with Crippen molar-refractivity contribution in [2.75, 3.05) is 0 Å². The van der Waals surface area contributed by atoms with E-state index in [4.69, 9.17) is 0 Å². The molecule has 1 N–H and O–H groups in total. The molecular weight excluding hydrogens is 332 g/mol. The van der Waals surface area contributed by atoms with Crippen molar-refractivity contribution in [3.05, 3.63) is 75.3 Å². The molecule has 2 aromatic carbocycles. The van der Waals surface area contributed by atoms with Crippen LogP contribution in [0.25, 0.3) is 5.76 Å². The molecule has 104 valence electrons. The van der Waals surface area contributed by atoms with Gasteiger partial charge in [-0.1, -0.05) is 46.3 Å². The highest BCUT2D eigenvalue weighted by molar-refractivity contribution is 9.10. The summed E-state index contributed by atoms with van der Waals surface area (Å²) in [5.41, 5.74) is 1.67. The van der Waals surface area contributed by atoms with Gasteiger partial charge in [-0.3, -0.25) is 9.59 Å². The normalized spacial score (nSPS) is 14.3. The molecule has 0 bridgehead atoms. The summed E-state index contributed by atoms with van der Waals surface area (Å²) in [6, 6.07) is 14.2. The third-order valence-corrected chi connectivity index (χ3v) is 3.96. The van der Waals surface area contributed by atoms with Crippen molar-refractivity contribution in [1.29, 1.82) is 0 Å². The quantitative estimate of drug-likeness (QED) is 0.846. The zero-order chi connectivity index (χ0) is 15.0. The summed E-state index contributed by atoms with van der Waals surface area (Å²) >= 11 is 3.31. The average molecular weight is 343 g/mol. The second-order valence-corrected chi connectivity index (χ2v) is 5.75. The number of Topliss-reactive ketones (excluding diaryl/α,β-unsaturated/α-hetero) is 2. The lowest BCUT2D eigenvalue weighted by Crippen LogP contribution is -2.25. The lowest BCUT2D eigenvalue weighted by atomic mass is 9.86. The SMILES string of the molecule is O=C1C(=O)c2ccc(Br)cc2C(O)=C1Cc1ccccc1. The Bertz CT molecular complexity index is 776. The molecule has 0 unspecified atom stereocenters. The Morgan fingerprint density at radius 3 is 2.33 bits per heavy atom. The summed E-state index contributed by atoms with van der Waals surface area (Å²) in [4.78, 5) is 24.4. The molecule has 0 saturated heterocycles. The van der Waals surface area contributed by atoms with Crippen molar-refractivity contribution in [3.8, 4) is 0 Å². The van der Waals surface area contributed by atoms with Crippen LogP contribution < -0.4 is 0 Å². The third-order valence-electron chi connectivity index (χ3n) is 3.47. The van der Waals surface area contributed by atoms with Gasteiger partial charge in [0, 0.05) is 22.0 Å². The summed E-state index contributed by atoms with van der Waals surface area (Å²) in [7, 11) is 0. The highest BCUT2D eigenvalue weighted by Crippen LogP contribution is 2.31. The molecule has 0 fully saturated rings. The van der Waals surface area contributed by atoms with Gasteiger partial charge in [0.2, 0.25) is 11.6 Å². The minimum absolute atomic E-state index is 0.111. The van der Waals surface area contributed by atoms with Gasteiger partial charge in [0.1, 0.15) is 5.76 Å². The number of aliphatic hydroxyl groups excluding tert-OH is 1. The number of carbonyl (C=O) groups is 2. The number of aliphatic hydroxyl groups is 1. The van der Waals surface area contributed by atoms with Gasteiger partial charge in [-0.05, 0) is 23.8 Å². The average Bonchev–Trinajstić information content (AvgIpc) is 2.50. The van der Waals surface area contributed by atoms with Gasteiger partial charge in [0.15, 0.2) is 0 Å². The molecule has 0 amide bonds. The van der Waals surface area contributed by atoms with Crippen LogP contribution in [-0.4, -0.2) is 16.7 Å². The van der Waals surface area contributed by atoms with E-state index in [-0.39, 0.29) is 23.3 Å². The van der Waals surface area contributed by atoms with Crippen molar-refractivity contribution < 1.29 is 14.7 Å². The molecule has 0 spiro atoms. The number of ketones is 2. The lowest BCUT2D eigenvalue weighted by Gasteiger charge is -2.18. The van der Waals surface area contributed by atoms with Crippen LogP contribution in [0.4, 0.5) is 0 Å². The maximum atomic E-state index is 12.2. The van der Waals surface area contributed by atoms with E-state index >= 15 is 0 Å². The number of halogens is 1. The van der Waals surface area contributed by atoms with Crippen LogP contribution in [0, 0.1) is 0 Å². The number of fused-ring (bicyclic) bond motifs is 1. The number of hydrogen-bond acceptors (Lipinski definition) is 3. The fourth-order valence-electron chi connectivity index (χ4n) is 2.40. The van der Waals surface area contributed by atoms with E-state index in [9.17, 15) is 14.7 Å². The Morgan fingerprint density at radius 2 is 1.62 bits per heavy atom. The van der Waals surface area contributed by atoms with Crippen molar-refractivity contribution >= 4 is 33.3 Å². The number of hydrogen-bond donors (Lipinski definition) is 1. The van der Waals surface area contributed by atoms with Crippen LogP contribution in [0.15, 0.2) is 58.6 Å². The smallest absolute Gasteiger partial charge is 0.234 e. The fraction of sp³-hybridized carbons (Fsp3) is 0.0588. The van der Waals surface area contributed by atoms with Gasteiger partial charge >= 0.3 is 0 Å². The Kier molecular flexibility index (Phi) is 3.47. The minimum Gasteiger partial charge on any atom is -0.507 e. The molecule has 3 rings (SSSR count).